The first kappa shape index (κ1) is 29.0. The van der Waals surface area contributed by atoms with Crippen LogP contribution in [0.4, 0.5) is 11.4 Å². The lowest BCUT2D eigenvalue weighted by molar-refractivity contribution is -0.114. The van der Waals surface area contributed by atoms with Crippen molar-refractivity contribution >= 4 is 52.7 Å². The molecule has 0 unspecified atom stereocenters. The van der Waals surface area contributed by atoms with E-state index in [-0.39, 0.29) is 29.0 Å². The van der Waals surface area contributed by atoms with Crippen molar-refractivity contribution in [2.45, 2.75) is 18.7 Å². The molecule has 0 saturated carbocycles. The topological polar surface area (TPSA) is 104 Å². The number of thioether (sulfide) groups is 1. The molecule has 0 aliphatic heterocycles. The molecule has 7 nitrogen and oxygen atoms in total. The average Bonchev–Trinajstić information content (AvgIpc) is 2.98. The number of benzene rings is 4. The molecular weight excluding hydrogens is 534 g/mol. The summed E-state index contributed by atoms with van der Waals surface area (Å²) in [5.41, 5.74) is 4.14. The standard InChI is InChI=1S/C33H29N3O4S/c1-22-8-10-24(11-9-22)20-30(36-32(39)26-6-4-3-5-7-26)33(40)35-28-16-18-29(19-17-28)41-21-31(38)34-27-14-12-25(13-15-27)23(2)37/h3-20H,21H2,1-2H3,(H,34,38)(H,35,40)(H,36,39)/b30-20-. The predicted molar refractivity (Wildman–Crippen MR) is 164 cm³/mol. The summed E-state index contributed by atoms with van der Waals surface area (Å²) in [5, 5.41) is 8.38. The first-order valence-corrected chi connectivity index (χ1v) is 13.9. The van der Waals surface area contributed by atoms with Crippen LogP contribution in [0.25, 0.3) is 6.08 Å². The minimum absolute atomic E-state index is 0.0338. The third kappa shape index (κ3) is 8.78. The normalized spacial score (nSPS) is 10.9. The Kier molecular flexibility index (Phi) is 9.85. The highest BCUT2D eigenvalue weighted by atomic mass is 32.2. The maximum Gasteiger partial charge on any atom is 0.272 e. The zero-order valence-electron chi connectivity index (χ0n) is 22.6. The van der Waals surface area contributed by atoms with E-state index >= 15 is 0 Å². The summed E-state index contributed by atoms with van der Waals surface area (Å²) in [4.78, 5) is 50.6. The van der Waals surface area contributed by atoms with Crippen molar-refractivity contribution in [3.05, 3.63) is 131 Å². The quantitative estimate of drug-likeness (QED) is 0.119. The van der Waals surface area contributed by atoms with Gasteiger partial charge in [0.2, 0.25) is 5.91 Å². The molecule has 8 heteroatoms. The molecule has 0 spiro atoms. The molecule has 4 aromatic carbocycles. The van der Waals surface area contributed by atoms with Gasteiger partial charge >= 0.3 is 0 Å². The Morgan fingerprint density at radius 3 is 1.95 bits per heavy atom. The van der Waals surface area contributed by atoms with Crippen molar-refractivity contribution in [2.75, 3.05) is 16.4 Å². The molecule has 0 bridgehead atoms. The van der Waals surface area contributed by atoms with Gasteiger partial charge in [-0.2, -0.15) is 0 Å². The fourth-order valence-electron chi connectivity index (χ4n) is 3.74. The Morgan fingerprint density at radius 1 is 0.707 bits per heavy atom. The summed E-state index contributed by atoms with van der Waals surface area (Å²) >= 11 is 1.35. The Morgan fingerprint density at radius 2 is 1.32 bits per heavy atom. The molecule has 0 saturated heterocycles. The predicted octanol–water partition coefficient (Wildman–Crippen LogP) is 6.34. The molecule has 3 amide bonds. The number of Topliss-reactive ketones (excluding diaryl/α,β-unsaturated/α-hetero) is 1. The number of aryl methyl sites for hydroxylation is 1. The second-order valence-electron chi connectivity index (χ2n) is 9.24. The number of hydrogen-bond donors (Lipinski definition) is 3. The second-order valence-corrected chi connectivity index (χ2v) is 10.3. The minimum Gasteiger partial charge on any atom is -0.325 e. The fourth-order valence-corrected chi connectivity index (χ4v) is 4.44. The number of carbonyl (C=O) groups is 4. The van der Waals surface area contributed by atoms with E-state index in [4.69, 9.17) is 0 Å². The molecule has 0 atom stereocenters. The van der Waals surface area contributed by atoms with Gasteiger partial charge in [0, 0.05) is 27.4 Å². The Labute approximate surface area is 243 Å². The van der Waals surface area contributed by atoms with Gasteiger partial charge in [-0.25, -0.2) is 0 Å². The molecule has 41 heavy (non-hydrogen) atoms. The van der Waals surface area contributed by atoms with Crippen LogP contribution >= 0.6 is 11.8 Å². The van der Waals surface area contributed by atoms with Crippen molar-refractivity contribution < 1.29 is 19.2 Å². The number of carbonyl (C=O) groups excluding carboxylic acids is 4. The van der Waals surface area contributed by atoms with Gasteiger partial charge in [0.15, 0.2) is 5.78 Å². The van der Waals surface area contributed by atoms with Crippen LogP contribution in [-0.2, 0) is 9.59 Å². The highest BCUT2D eigenvalue weighted by Gasteiger charge is 2.15. The van der Waals surface area contributed by atoms with Crippen LogP contribution < -0.4 is 16.0 Å². The second kappa shape index (κ2) is 13.9. The fraction of sp³-hybridized carbons (Fsp3) is 0.0909. The molecule has 206 valence electrons. The van der Waals surface area contributed by atoms with Crippen molar-refractivity contribution in [1.29, 1.82) is 0 Å². The van der Waals surface area contributed by atoms with E-state index in [0.29, 0.717) is 22.5 Å². The smallest absolute Gasteiger partial charge is 0.272 e. The van der Waals surface area contributed by atoms with Crippen LogP contribution in [0.3, 0.4) is 0 Å². The SMILES string of the molecule is CC(=O)c1ccc(NC(=O)CSc2ccc(NC(=O)/C(=C/c3ccc(C)cc3)NC(=O)c3ccccc3)cc2)cc1. The van der Waals surface area contributed by atoms with Crippen molar-refractivity contribution in [3.63, 3.8) is 0 Å². The highest BCUT2D eigenvalue weighted by molar-refractivity contribution is 8.00. The van der Waals surface area contributed by atoms with E-state index in [2.05, 4.69) is 16.0 Å². The third-order valence-electron chi connectivity index (χ3n) is 5.97. The van der Waals surface area contributed by atoms with Gasteiger partial charge in [-0.1, -0.05) is 48.0 Å². The first-order valence-electron chi connectivity index (χ1n) is 12.9. The third-order valence-corrected chi connectivity index (χ3v) is 6.99. The number of rotatable bonds is 10. The number of nitrogens with one attached hydrogen (secondary N) is 3. The number of amides is 3. The molecule has 3 N–H and O–H groups in total. The van der Waals surface area contributed by atoms with E-state index in [1.165, 1.54) is 18.7 Å². The highest BCUT2D eigenvalue weighted by Crippen LogP contribution is 2.21. The van der Waals surface area contributed by atoms with Crippen LogP contribution in [0.1, 0.15) is 38.8 Å². The zero-order chi connectivity index (χ0) is 29.2. The molecule has 0 aromatic heterocycles. The van der Waals surface area contributed by atoms with E-state index in [1.807, 2.05) is 37.3 Å². The maximum atomic E-state index is 13.2. The summed E-state index contributed by atoms with van der Waals surface area (Å²) in [6.45, 7) is 3.47. The van der Waals surface area contributed by atoms with E-state index in [1.54, 1.807) is 78.9 Å². The molecule has 0 aliphatic rings. The first-order chi connectivity index (χ1) is 19.8. The number of hydrogen-bond acceptors (Lipinski definition) is 5. The Hall–Kier alpha value is -4.95. The van der Waals surface area contributed by atoms with Crippen molar-refractivity contribution in [3.8, 4) is 0 Å². The van der Waals surface area contributed by atoms with Gasteiger partial charge in [0.05, 0.1) is 5.75 Å². The summed E-state index contributed by atoms with van der Waals surface area (Å²) < 4.78 is 0. The van der Waals surface area contributed by atoms with Gasteiger partial charge in [0.25, 0.3) is 11.8 Å². The van der Waals surface area contributed by atoms with Crippen LogP contribution in [-0.4, -0.2) is 29.3 Å². The minimum atomic E-state index is -0.467. The Balaban J connectivity index is 1.37. The Bertz CT molecular complexity index is 1560. The zero-order valence-corrected chi connectivity index (χ0v) is 23.5. The maximum absolute atomic E-state index is 13.2. The van der Waals surface area contributed by atoms with E-state index in [0.717, 1.165) is 16.0 Å². The van der Waals surface area contributed by atoms with Crippen LogP contribution in [0, 0.1) is 6.92 Å². The molecule has 0 heterocycles. The summed E-state index contributed by atoms with van der Waals surface area (Å²) in [5.74, 6) is -0.879. The van der Waals surface area contributed by atoms with Gasteiger partial charge in [-0.15, -0.1) is 11.8 Å². The summed E-state index contributed by atoms with van der Waals surface area (Å²) in [6.07, 6.45) is 1.63. The van der Waals surface area contributed by atoms with E-state index < -0.39 is 5.91 Å². The van der Waals surface area contributed by atoms with Crippen LogP contribution in [0.2, 0.25) is 0 Å². The van der Waals surface area contributed by atoms with Gasteiger partial charge in [0.1, 0.15) is 5.70 Å². The van der Waals surface area contributed by atoms with Gasteiger partial charge < -0.3 is 16.0 Å². The van der Waals surface area contributed by atoms with Crippen LogP contribution in [0.5, 0.6) is 0 Å². The van der Waals surface area contributed by atoms with Gasteiger partial charge in [-0.05, 0) is 86.2 Å². The molecule has 0 fully saturated rings. The lowest BCUT2D eigenvalue weighted by Crippen LogP contribution is -2.30. The lowest BCUT2D eigenvalue weighted by atomic mass is 10.1. The molecule has 0 radical (unpaired) electrons. The van der Waals surface area contributed by atoms with Gasteiger partial charge in [-0.3, -0.25) is 19.2 Å². The van der Waals surface area contributed by atoms with E-state index in [9.17, 15) is 19.2 Å². The number of anilines is 2. The molecular formula is C33H29N3O4S. The lowest BCUT2D eigenvalue weighted by Gasteiger charge is -2.12. The number of ketones is 1. The van der Waals surface area contributed by atoms with Crippen molar-refractivity contribution in [1.82, 2.24) is 5.32 Å². The summed E-state index contributed by atoms with van der Waals surface area (Å²) in [6, 6.07) is 30.1. The monoisotopic (exact) mass is 563 g/mol. The van der Waals surface area contributed by atoms with Crippen LogP contribution in [0.15, 0.2) is 114 Å². The largest absolute Gasteiger partial charge is 0.325 e. The molecule has 4 rings (SSSR count). The molecule has 4 aromatic rings. The average molecular weight is 564 g/mol. The summed E-state index contributed by atoms with van der Waals surface area (Å²) in [7, 11) is 0. The molecule has 0 aliphatic carbocycles. The van der Waals surface area contributed by atoms with Crippen molar-refractivity contribution in [2.24, 2.45) is 0 Å².